The number of hydrogen-bond donors (Lipinski definition) is 6. The molecule has 5 atom stereocenters. The molecule has 0 bridgehead atoms. The maximum Gasteiger partial charge on any atom is 0.178 e. The standard InChI is InChI=1S/C8H15NO6/c1-3(11)9-5-7(13)6(12)4(2-10)15-8(5)14/h4-14H,1-2H2/t4-,5-,6+,7+,8-/m0/s1. The van der Waals surface area contributed by atoms with Crippen molar-refractivity contribution in [3.8, 4) is 0 Å². The molecule has 7 heteroatoms. The van der Waals surface area contributed by atoms with Crippen molar-refractivity contribution in [2.24, 2.45) is 0 Å². The lowest BCUT2D eigenvalue weighted by Gasteiger charge is -2.40. The monoisotopic (exact) mass is 221 g/mol. The Morgan fingerprint density at radius 3 is 2.33 bits per heavy atom. The highest BCUT2D eigenvalue weighted by Gasteiger charge is 2.43. The van der Waals surface area contributed by atoms with Gasteiger partial charge in [0.2, 0.25) is 0 Å². The highest BCUT2D eigenvalue weighted by molar-refractivity contribution is 4.96. The van der Waals surface area contributed by atoms with Gasteiger partial charge in [-0.2, -0.15) is 0 Å². The van der Waals surface area contributed by atoms with Gasteiger partial charge in [-0.1, -0.05) is 0 Å². The Bertz CT molecular complexity index is 235. The molecule has 0 aromatic carbocycles. The van der Waals surface area contributed by atoms with Crippen LogP contribution in [0.4, 0.5) is 0 Å². The van der Waals surface area contributed by atoms with Crippen LogP contribution in [0, 0.1) is 0 Å². The minimum absolute atomic E-state index is 0.462. The Labute approximate surface area is 86.2 Å². The fourth-order valence-electron chi connectivity index (χ4n) is 1.45. The van der Waals surface area contributed by atoms with E-state index in [0.29, 0.717) is 0 Å². The van der Waals surface area contributed by atoms with E-state index < -0.39 is 43.1 Å². The van der Waals surface area contributed by atoms with Crippen LogP contribution in [0.15, 0.2) is 12.5 Å². The minimum atomic E-state index is -1.45. The van der Waals surface area contributed by atoms with E-state index in [9.17, 15) is 15.3 Å². The third kappa shape index (κ3) is 2.58. The molecule has 0 spiro atoms. The highest BCUT2D eigenvalue weighted by atomic mass is 16.6. The highest BCUT2D eigenvalue weighted by Crippen LogP contribution is 2.19. The van der Waals surface area contributed by atoms with E-state index in [4.69, 9.17) is 14.9 Å². The molecule has 1 rings (SSSR count). The van der Waals surface area contributed by atoms with Crippen molar-refractivity contribution in [3.05, 3.63) is 12.5 Å². The molecule has 6 N–H and O–H groups in total. The molecule has 1 saturated heterocycles. The van der Waals surface area contributed by atoms with Crippen molar-refractivity contribution in [2.75, 3.05) is 6.61 Å². The Kier molecular flexibility index (Phi) is 3.89. The van der Waals surface area contributed by atoms with E-state index in [1.807, 2.05) is 0 Å². The molecule has 0 aromatic rings. The van der Waals surface area contributed by atoms with Gasteiger partial charge in [-0.15, -0.1) is 0 Å². The zero-order valence-electron chi connectivity index (χ0n) is 7.95. The van der Waals surface area contributed by atoms with Crippen molar-refractivity contribution in [1.82, 2.24) is 5.32 Å². The molecule has 0 radical (unpaired) electrons. The second kappa shape index (κ2) is 4.77. The smallest absolute Gasteiger partial charge is 0.178 e. The summed E-state index contributed by atoms with van der Waals surface area (Å²) in [6, 6.07) is -1.10. The number of nitrogens with one attached hydrogen (secondary N) is 1. The second-order valence-electron chi connectivity index (χ2n) is 3.35. The summed E-state index contributed by atoms with van der Waals surface area (Å²) in [5, 5.41) is 48.2. The van der Waals surface area contributed by atoms with Crippen molar-refractivity contribution in [1.29, 1.82) is 0 Å². The number of hydrogen-bond acceptors (Lipinski definition) is 7. The maximum absolute atomic E-state index is 9.54. The summed E-state index contributed by atoms with van der Waals surface area (Å²) in [5.41, 5.74) is 0. The van der Waals surface area contributed by atoms with E-state index in [-0.39, 0.29) is 0 Å². The molecule has 88 valence electrons. The van der Waals surface area contributed by atoms with Crippen LogP contribution in [0.25, 0.3) is 0 Å². The zero-order valence-corrected chi connectivity index (χ0v) is 7.95. The fraction of sp³-hybridized carbons (Fsp3) is 0.750. The number of rotatable bonds is 3. The van der Waals surface area contributed by atoms with Gasteiger partial charge in [-0.25, -0.2) is 0 Å². The molecule has 7 nitrogen and oxygen atoms in total. The summed E-state index contributed by atoms with van der Waals surface area (Å²) in [7, 11) is 0. The van der Waals surface area contributed by atoms with Crippen LogP contribution >= 0.6 is 0 Å². The van der Waals surface area contributed by atoms with Crippen molar-refractivity contribution < 1.29 is 30.3 Å². The first kappa shape index (κ1) is 12.2. The summed E-state index contributed by atoms with van der Waals surface area (Å²) in [4.78, 5) is 0. The van der Waals surface area contributed by atoms with Crippen LogP contribution in [0.1, 0.15) is 0 Å². The van der Waals surface area contributed by atoms with Crippen LogP contribution in [0.2, 0.25) is 0 Å². The Morgan fingerprint density at radius 1 is 1.27 bits per heavy atom. The number of ether oxygens (including phenoxy) is 1. The Balaban J connectivity index is 2.70. The van der Waals surface area contributed by atoms with E-state index in [2.05, 4.69) is 11.9 Å². The predicted octanol–water partition coefficient (Wildman–Crippen LogP) is -2.59. The van der Waals surface area contributed by atoms with E-state index in [1.54, 1.807) is 0 Å². The predicted molar refractivity (Wildman–Crippen MR) is 48.7 cm³/mol. The maximum atomic E-state index is 9.54. The molecule has 0 aromatic heterocycles. The molecule has 1 heterocycles. The second-order valence-corrected chi connectivity index (χ2v) is 3.35. The molecule has 0 aliphatic carbocycles. The first-order chi connectivity index (χ1) is 6.97. The normalized spacial score (nSPS) is 41.2. The van der Waals surface area contributed by atoms with Crippen molar-refractivity contribution in [3.63, 3.8) is 0 Å². The minimum Gasteiger partial charge on any atom is -0.495 e. The first-order valence-corrected chi connectivity index (χ1v) is 4.42. The lowest BCUT2D eigenvalue weighted by Crippen LogP contribution is -2.63. The van der Waals surface area contributed by atoms with E-state index >= 15 is 0 Å². The summed E-state index contributed by atoms with van der Waals surface area (Å²) >= 11 is 0. The van der Waals surface area contributed by atoms with Gasteiger partial charge in [0.05, 0.1) is 6.61 Å². The summed E-state index contributed by atoms with van der Waals surface area (Å²) in [5.74, 6) is -0.462. The summed E-state index contributed by atoms with van der Waals surface area (Å²) < 4.78 is 4.81. The average Bonchev–Trinajstić information content (AvgIpc) is 2.18. The molecular formula is C8H15NO6. The number of aliphatic hydroxyl groups is 5. The molecule has 0 amide bonds. The van der Waals surface area contributed by atoms with Gasteiger partial charge in [0, 0.05) is 0 Å². The molecule has 1 aliphatic rings. The van der Waals surface area contributed by atoms with Gasteiger partial charge in [0.25, 0.3) is 0 Å². The first-order valence-electron chi connectivity index (χ1n) is 4.42. The van der Waals surface area contributed by atoms with Crippen LogP contribution in [-0.4, -0.2) is 62.8 Å². The van der Waals surface area contributed by atoms with Crippen molar-refractivity contribution in [2.45, 2.75) is 30.6 Å². The van der Waals surface area contributed by atoms with Gasteiger partial charge in [-0.3, -0.25) is 0 Å². The Hall–Kier alpha value is -0.860. The zero-order chi connectivity index (χ0) is 11.6. The van der Waals surface area contributed by atoms with Gasteiger partial charge in [0.15, 0.2) is 12.2 Å². The van der Waals surface area contributed by atoms with Crippen LogP contribution in [0.3, 0.4) is 0 Å². The largest absolute Gasteiger partial charge is 0.495 e. The third-order valence-corrected chi connectivity index (χ3v) is 2.23. The number of aliphatic hydroxyl groups excluding tert-OH is 5. The van der Waals surface area contributed by atoms with Crippen LogP contribution in [0.5, 0.6) is 0 Å². The molecule has 15 heavy (non-hydrogen) atoms. The SMILES string of the molecule is C=C(O)N[C@H]1[C@@H](O)[C@H](O)[C@H](CO)O[C@@H]1O. The van der Waals surface area contributed by atoms with E-state index in [1.165, 1.54) is 0 Å². The third-order valence-electron chi connectivity index (χ3n) is 2.23. The summed E-state index contributed by atoms with van der Waals surface area (Å²) in [6.07, 6.45) is -5.24. The molecule has 1 fully saturated rings. The molecule has 0 saturated carbocycles. The Morgan fingerprint density at radius 2 is 1.87 bits per heavy atom. The molecule has 0 unspecified atom stereocenters. The van der Waals surface area contributed by atoms with Gasteiger partial charge >= 0.3 is 0 Å². The lowest BCUT2D eigenvalue weighted by atomic mass is 9.97. The van der Waals surface area contributed by atoms with Crippen LogP contribution in [-0.2, 0) is 4.74 Å². The van der Waals surface area contributed by atoms with Gasteiger partial charge in [0.1, 0.15) is 24.4 Å². The lowest BCUT2D eigenvalue weighted by molar-refractivity contribution is -0.254. The molecular weight excluding hydrogens is 206 g/mol. The topological polar surface area (TPSA) is 122 Å². The summed E-state index contributed by atoms with van der Waals surface area (Å²) in [6.45, 7) is 2.59. The quantitative estimate of drug-likeness (QED) is 0.289. The van der Waals surface area contributed by atoms with Crippen LogP contribution < -0.4 is 5.32 Å². The average molecular weight is 221 g/mol. The van der Waals surface area contributed by atoms with Gasteiger partial charge in [-0.05, 0) is 6.58 Å². The van der Waals surface area contributed by atoms with E-state index in [0.717, 1.165) is 0 Å². The van der Waals surface area contributed by atoms with Gasteiger partial charge < -0.3 is 35.6 Å². The fourth-order valence-corrected chi connectivity index (χ4v) is 1.45. The van der Waals surface area contributed by atoms with Crippen molar-refractivity contribution >= 4 is 0 Å². The molecule has 1 aliphatic heterocycles.